The van der Waals surface area contributed by atoms with Gasteiger partial charge in [-0.3, -0.25) is 0 Å². The summed E-state index contributed by atoms with van der Waals surface area (Å²) in [4.78, 5) is 10.4. The van der Waals surface area contributed by atoms with E-state index in [1.807, 2.05) is 13.1 Å². The summed E-state index contributed by atoms with van der Waals surface area (Å²) >= 11 is 5.21. The van der Waals surface area contributed by atoms with Crippen LogP contribution >= 0.6 is 27.7 Å². The van der Waals surface area contributed by atoms with Crippen molar-refractivity contribution in [2.24, 2.45) is 5.92 Å². The van der Waals surface area contributed by atoms with Crippen LogP contribution in [0.25, 0.3) is 0 Å². The second-order valence-electron chi connectivity index (χ2n) is 5.25. The summed E-state index contributed by atoms with van der Waals surface area (Å²) in [5.74, 6) is 3.15. The van der Waals surface area contributed by atoms with Gasteiger partial charge in [0.1, 0.15) is 11.6 Å². The van der Waals surface area contributed by atoms with Crippen molar-refractivity contribution in [2.45, 2.75) is 30.9 Å². The first-order valence-corrected chi connectivity index (χ1v) is 8.77. The van der Waals surface area contributed by atoms with E-state index in [9.17, 15) is 0 Å². The lowest BCUT2D eigenvalue weighted by Gasteiger charge is -2.09. The van der Waals surface area contributed by atoms with E-state index in [0.717, 1.165) is 34.0 Å². The summed E-state index contributed by atoms with van der Waals surface area (Å²) < 4.78 is 1.10. The van der Waals surface area contributed by atoms with Gasteiger partial charge >= 0.3 is 0 Å². The van der Waals surface area contributed by atoms with Gasteiger partial charge in [-0.25, -0.2) is 9.97 Å². The van der Waals surface area contributed by atoms with E-state index in [1.165, 1.54) is 4.90 Å². The Kier molecular flexibility index (Phi) is 6.06. The van der Waals surface area contributed by atoms with E-state index in [4.69, 9.17) is 0 Å². The first-order chi connectivity index (χ1) is 10.1. The molecule has 1 N–H and O–H groups in total. The second kappa shape index (κ2) is 7.80. The van der Waals surface area contributed by atoms with Crippen LogP contribution in [0.1, 0.15) is 25.4 Å². The molecule has 1 aromatic heterocycles. The number of anilines is 1. The third-order valence-electron chi connectivity index (χ3n) is 2.88. The van der Waals surface area contributed by atoms with Crippen molar-refractivity contribution < 1.29 is 0 Å². The number of nitrogens with zero attached hydrogens (tertiary/aromatic N) is 2. The molecule has 0 aliphatic carbocycles. The van der Waals surface area contributed by atoms with Crippen LogP contribution in [-0.2, 0) is 12.2 Å². The Morgan fingerprint density at radius 2 is 1.90 bits per heavy atom. The Hall–Kier alpha value is -1.07. The fourth-order valence-corrected chi connectivity index (χ4v) is 2.96. The van der Waals surface area contributed by atoms with E-state index in [2.05, 4.69) is 69.3 Å². The van der Waals surface area contributed by atoms with Crippen LogP contribution in [0, 0.1) is 5.92 Å². The minimum absolute atomic E-state index is 0.594. The van der Waals surface area contributed by atoms with Gasteiger partial charge in [0, 0.05) is 28.2 Å². The van der Waals surface area contributed by atoms with Gasteiger partial charge in [0.05, 0.1) is 5.75 Å². The van der Waals surface area contributed by atoms with Crippen molar-refractivity contribution in [2.75, 3.05) is 12.4 Å². The van der Waals surface area contributed by atoms with E-state index >= 15 is 0 Å². The predicted molar refractivity (Wildman–Crippen MR) is 93.8 cm³/mol. The largest absolute Gasteiger partial charge is 0.373 e. The molecule has 0 aliphatic heterocycles. The maximum atomic E-state index is 4.67. The van der Waals surface area contributed by atoms with Crippen LogP contribution in [0.15, 0.2) is 39.7 Å². The summed E-state index contributed by atoms with van der Waals surface area (Å²) in [5, 5.41) is 3.12. The van der Waals surface area contributed by atoms with Gasteiger partial charge in [-0.1, -0.05) is 29.8 Å². The van der Waals surface area contributed by atoms with Crippen molar-refractivity contribution in [1.82, 2.24) is 9.97 Å². The summed E-state index contributed by atoms with van der Waals surface area (Å²) in [6.45, 7) is 4.41. The maximum absolute atomic E-state index is 4.67. The second-order valence-corrected chi connectivity index (χ2v) is 7.22. The third-order valence-corrected chi connectivity index (χ3v) is 4.42. The van der Waals surface area contributed by atoms with Crippen LogP contribution in [0.4, 0.5) is 5.82 Å². The van der Waals surface area contributed by atoms with Crippen LogP contribution < -0.4 is 5.32 Å². The average Bonchev–Trinajstić information content (AvgIpc) is 2.45. The monoisotopic (exact) mass is 365 g/mol. The molecule has 2 rings (SSSR count). The zero-order chi connectivity index (χ0) is 15.2. The van der Waals surface area contributed by atoms with Crippen LogP contribution in [0.5, 0.6) is 0 Å². The van der Waals surface area contributed by atoms with E-state index in [0.29, 0.717) is 5.92 Å². The Balaban J connectivity index is 2.09. The number of benzene rings is 1. The SMILES string of the molecule is CNc1cc(CC(C)C)nc(CSc2ccc(Br)cc2)n1. The topological polar surface area (TPSA) is 37.8 Å². The van der Waals surface area contributed by atoms with Crippen LogP contribution in [-0.4, -0.2) is 17.0 Å². The molecule has 0 bridgehead atoms. The number of rotatable bonds is 6. The quantitative estimate of drug-likeness (QED) is 0.748. The first-order valence-electron chi connectivity index (χ1n) is 6.99. The molecule has 0 aliphatic rings. The van der Waals surface area contributed by atoms with E-state index in [-0.39, 0.29) is 0 Å². The minimum Gasteiger partial charge on any atom is -0.373 e. The van der Waals surface area contributed by atoms with Crippen molar-refractivity contribution in [3.63, 3.8) is 0 Å². The van der Waals surface area contributed by atoms with E-state index in [1.54, 1.807) is 11.8 Å². The number of thioether (sulfide) groups is 1. The fourth-order valence-electron chi connectivity index (χ4n) is 1.95. The van der Waals surface area contributed by atoms with Gasteiger partial charge < -0.3 is 5.32 Å². The molecule has 0 saturated heterocycles. The standard InChI is InChI=1S/C16H20BrN3S/c1-11(2)8-13-9-15(18-3)20-16(19-13)10-21-14-6-4-12(17)5-7-14/h4-7,9,11H,8,10H2,1-3H3,(H,18,19,20). The molecular formula is C16H20BrN3S. The highest BCUT2D eigenvalue weighted by Gasteiger charge is 2.07. The lowest BCUT2D eigenvalue weighted by Crippen LogP contribution is -2.05. The summed E-state index contributed by atoms with van der Waals surface area (Å²) in [5.41, 5.74) is 1.11. The van der Waals surface area contributed by atoms with Crippen molar-refractivity contribution in [1.29, 1.82) is 0 Å². The number of nitrogens with one attached hydrogen (secondary N) is 1. The number of hydrogen-bond donors (Lipinski definition) is 1. The molecule has 0 fully saturated rings. The van der Waals surface area contributed by atoms with Crippen molar-refractivity contribution in [3.05, 3.63) is 46.3 Å². The molecule has 0 atom stereocenters. The summed E-state index contributed by atoms with van der Waals surface area (Å²) in [7, 11) is 1.90. The van der Waals surface area contributed by atoms with Gasteiger partial charge in [-0.2, -0.15) is 0 Å². The van der Waals surface area contributed by atoms with Crippen molar-refractivity contribution in [3.8, 4) is 0 Å². The number of aromatic nitrogens is 2. The fraction of sp³-hybridized carbons (Fsp3) is 0.375. The zero-order valence-electron chi connectivity index (χ0n) is 12.6. The molecule has 1 aromatic carbocycles. The molecule has 0 unspecified atom stereocenters. The third kappa shape index (κ3) is 5.32. The van der Waals surface area contributed by atoms with Gasteiger partial charge in [-0.15, -0.1) is 11.8 Å². The smallest absolute Gasteiger partial charge is 0.141 e. The predicted octanol–water partition coefficient (Wildman–Crippen LogP) is 4.77. The molecule has 112 valence electrons. The average molecular weight is 366 g/mol. The van der Waals surface area contributed by atoms with Gasteiger partial charge in [0.25, 0.3) is 0 Å². The first kappa shape index (κ1) is 16.3. The number of halogens is 1. The Labute approximate surface area is 139 Å². The molecule has 5 heteroatoms. The molecule has 0 radical (unpaired) electrons. The molecule has 0 saturated carbocycles. The molecular weight excluding hydrogens is 346 g/mol. The Morgan fingerprint density at radius 3 is 2.52 bits per heavy atom. The maximum Gasteiger partial charge on any atom is 0.141 e. The van der Waals surface area contributed by atoms with Gasteiger partial charge in [0.2, 0.25) is 0 Å². The number of hydrogen-bond acceptors (Lipinski definition) is 4. The van der Waals surface area contributed by atoms with Crippen molar-refractivity contribution >= 4 is 33.5 Å². The summed E-state index contributed by atoms with van der Waals surface area (Å²) in [6, 6.07) is 10.3. The summed E-state index contributed by atoms with van der Waals surface area (Å²) in [6.07, 6.45) is 0.979. The van der Waals surface area contributed by atoms with E-state index < -0.39 is 0 Å². The molecule has 0 amide bonds. The van der Waals surface area contributed by atoms with Crippen LogP contribution in [0.2, 0.25) is 0 Å². The molecule has 0 spiro atoms. The van der Waals surface area contributed by atoms with Crippen LogP contribution in [0.3, 0.4) is 0 Å². The molecule has 3 nitrogen and oxygen atoms in total. The molecule has 2 aromatic rings. The minimum atomic E-state index is 0.594. The Morgan fingerprint density at radius 1 is 1.19 bits per heavy atom. The lowest BCUT2D eigenvalue weighted by atomic mass is 10.1. The normalized spacial score (nSPS) is 10.9. The highest BCUT2D eigenvalue weighted by molar-refractivity contribution is 9.10. The lowest BCUT2D eigenvalue weighted by molar-refractivity contribution is 0.632. The highest BCUT2D eigenvalue weighted by Crippen LogP contribution is 2.24. The molecule has 1 heterocycles. The highest BCUT2D eigenvalue weighted by atomic mass is 79.9. The Bertz CT molecular complexity index is 585. The molecule has 21 heavy (non-hydrogen) atoms. The zero-order valence-corrected chi connectivity index (χ0v) is 15.0. The van der Waals surface area contributed by atoms with Gasteiger partial charge in [0.15, 0.2) is 0 Å². The van der Waals surface area contributed by atoms with Gasteiger partial charge in [-0.05, 0) is 36.6 Å².